The van der Waals surface area contributed by atoms with Crippen LogP contribution in [0.15, 0.2) is 12.4 Å². The first-order chi connectivity index (χ1) is 12.3. The van der Waals surface area contributed by atoms with Crippen molar-refractivity contribution < 1.29 is 18.0 Å². The summed E-state index contributed by atoms with van der Waals surface area (Å²) >= 11 is 0. The summed E-state index contributed by atoms with van der Waals surface area (Å²) in [5.74, 6) is -0.317. The van der Waals surface area contributed by atoms with Crippen LogP contribution in [0.1, 0.15) is 48.3 Å². The van der Waals surface area contributed by atoms with Crippen LogP contribution >= 0.6 is 0 Å². The number of aromatic nitrogens is 4. The topological polar surface area (TPSA) is 64.7 Å². The predicted octanol–water partition coefficient (Wildman–Crippen LogP) is 2.66. The lowest BCUT2D eigenvalue weighted by atomic mass is 10.1. The zero-order valence-corrected chi connectivity index (χ0v) is 14.8. The summed E-state index contributed by atoms with van der Waals surface area (Å²) in [7, 11) is 0. The summed E-state index contributed by atoms with van der Waals surface area (Å²) < 4.78 is 42.7. The van der Waals surface area contributed by atoms with E-state index < -0.39 is 17.9 Å². The number of amides is 1. The molecule has 0 unspecified atom stereocenters. The van der Waals surface area contributed by atoms with Gasteiger partial charge in [-0.05, 0) is 38.2 Å². The Hall–Kier alpha value is -2.32. The van der Waals surface area contributed by atoms with Gasteiger partial charge in [0, 0.05) is 24.0 Å². The highest BCUT2D eigenvalue weighted by Crippen LogP contribution is 2.37. The Kier molecular flexibility index (Phi) is 5.06. The van der Waals surface area contributed by atoms with Crippen molar-refractivity contribution >= 4 is 5.91 Å². The van der Waals surface area contributed by atoms with Crippen LogP contribution in [-0.2, 0) is 30.4 Å². The Morgan fingerprint density at radius 3 is 2.77 bits per heavy atom. The van der Waals surface area contributed by atoms with Gasteiger partial charge in [0.2, 0.25) is 5.91 Å². The number of hydrogen-bond donors (Lipinski definition) is 1. The van der Waals surface area contributed by atoms with Crippen LogP contribution in [-0.4, -0.2) is 32.0 Å². The number of nitrogens with one attached hydrogen (secondary N) is 1. The third-order valence-corrected chi connectivity index (χ3v) is 4.61. The molecule has 1 amide bonds. The zero-order chi connectivity index (χ0) is 18.9. The molecule has 0 bridgehead atoms. The van der Waals surface area contributed by atoms with E-state index >= 15 is 0 Å². The van der Waals surface area contributed by atoms with Gasteiger partial charge in [0.05, 0.1) is 12.7 Å². The summed E-state index contributed by atoms with van der Waals surface area (Å²) in [4.78, 5) is 12.5. The molecule has 1 aliphatic rings. The minimum absolute atomic E-state index is 0.246. The van der Waals surface area contributed by atoms with E-state index in [0.29, 0.717) is 44.5 Å². The predicted molar refractivity (Wildman–Crippen MR) is 88.6 cm³/mol. The number of carbonyl (C=O) groups excluding carboxylic acids is 1. The molecular formula is C17H22F3N5O. The average Bonchev–Trinajstić information content (AvgIpc) is 3.25. The monoisotopic (exact) mass is 369 g/mol. The molecule has 142 valence electrons. The number of nitrogens with zero attached hydrogens (tertiary/aromatic N) is 4. The van der Waals surface area contributed by atoms with Crippen LogP contribution < -0.4 is 5.32 Å². The third kappa shape index (κ3) is 3.61. The molecule has 1 aliphatic carbocycles. The van der Waals surface area contributed by atoms with E-state index in [4.69, 9.17) is 0 Å². The van der Waals surface area contributed by atoms with Crippen LogP contribution in [0.4, 0.5) is 13.2 Å². The Balaban J connectivity index is 1.73. The van der Waals surface area contributed by atoms with Crippen molar-refractivity contribution in [2.75, 3.05) is 6.54 Å². The maximum Gasteiger partial charge on any atom is 0.435 e. The zero-order valence-electron chi connectivity index (χ0n) is 14.8. The SMILES string of the molecule is CC[C@H](C(=O)NCCn1cc(C)cn1)n1nc(C(F)(F)F)c2c1CCC2. The van der Waals surface area contributed by atoms with E-state index in [1.54, 1.807) is 17.8 Å². The third-order valence-electron chi connectivity index (χ3n) is 4.61. The molecule has 3 rings (SSSR count). The fraction of sp³-hybridized carbons (Fsp3) is 0.588. The highest BCUT2D eigenvalue weighted by molar-refractivity contribution is 5.80. The van der Waals surface area contributed by atoms with Gasteiger partial charge in [0.25, 0.3) is 0 Å². The summed E-state index contributed by atoms with van der Waals surface area (Å²) in [5, 5.41) is 10.7. The number of carbonyl (C=O) groups is 1. The van der Waals surface area contributed by atoms with Crippen LogP contribution in [0.3, 0.4) is 0 Å². The van der Waals surface area contributed by atoms with E-state index in [2.05, 4.69) is 15.5 Å². The van der Waals surface area contributed by atoms with E-state index in [1.165, 1.54) is 4.68 Å². The first-order valence-corrected chi connectivity index (χ1v) is 8.75. The summed E-state index contributed by atoms with van der Waals surface area (Å²) in [6.45, 7) is 4.55. The maximum atomic E-state index is 13.2. The van der Waals surface area contributed by atoms with Crippen LogP contribution in [0.2, 0.25) is 0 Å². The number of fused-ring (bicyclic) bond motifs is 1. The Morgan fingerprint density at radius 2 is 2.15 bits per heavy atom. The molecule has 2 aromatic rings. The molecule has 0 aromatic carbocycles. The summed E-state index contributed by atoms with van der Waals surface area (Å²) in [5.41, 5.74) is 0.968. The summed E-state index contributed by atoms with van der Waals surface area (Å²) in [6.07, 6.45) is 1.01. The second kappa shape index (κ2) is 7.13. The lowest BCUT2D eigenvalue weighted by Crippen LogP contribution is -2.35. The van der Waals surface area contributed by atoms with E-state index in [0.717, 1.165) is 5.56 Å². The fourth-order valence-electron chi connectivity index (χ4n) is 3.42. The molecule has 1 atom stereocenters. The molecule has 6 nitrogen and oxygen atoms in total. The Bertz CT molecular complexity index is 793. The molecule has 0 saturated carbocycles. The average molecular weight is 369 g/mol. The van der Waals surface area contributed by atoms with Crippen molar-refractivity contribution in [1.29, 1.82) is 0 Å². The van der Waals surface area contributed by atoms with Gasteiger partial charge in [0.15, 0.2) is 5.69 Å². The van der Waals surface area contributed by atoms with Crippen LogP contribution in [0, 0.1) is 6.92 Å². The second-order valence-electron chi connectivity index (χ2n) is 6.57. The lowest BCUT2D eigenvalue weighted by Gasteiger charge is -2.18. The molecule has 1 N–H and O–H groups in total. The van der Waals surface area contributed by atoms with Crippen molar-refractivity contribution in [3.8, 4) is 0 Å². The molecule has 2 heterocycles. The van der Waals surface area contributed by atoms with E-state index in [-0.39, 0.29) is 11.5 Å². The van der Waals surface area contributed by atoms with Gasteiger partial charge in [-0.25, -0.2) is 0 Å². The number of aryl methyl sites for hydroxylation is 1. The van der Waals surface area contributed by atoms with Gasteiger partial charge >= 0.3 is 6.18 Å². The first-order valence-electron chi connectivity index (χ1n) is 8.75. The molecule has 0 fully saturated rings. The largest absolute Gasteiger partial charge is 0.435 e. The van der Waals surface area contributed by atoms with Crippen LogP contribution in [0.5, 0.6) is 0 Å². The standard InChI is InChI=1S/C17H22F3N5O/c1-3-13(16(26)21-7-8-24-10-11(2)9-22-24)25-14-6-4-5-12(14)15(23-25)17(18,19)20/h9-10,13H,3-8H2,1-2H3,(H,21,26)/t13-/m1/s1. The molecule has 9 heteroatoms. The van der Waals surface area contributed by atoms with E-state index in [9.17, 15) is 18.0 Å². The van der Waals surface area contributed by atoms with Gasteiger partial charge in [-0.1, -0.05) is 6.92 Å². The minimum Gasteiger partial charge on any atom is -0.352 e. The molecule has 0 aliphatic heterocycles. The highest BCUT2D eigenvalue weighted by atomic mass is 19.4. The van der Waals surface area contributed by atoms with Crippen molar-refractivity contribution in [1.82, 2.24) is 24.9 Å². The molecule has 0 radical (unpaired) electrons. The number of hydrogen-bond acceptors (Lipinski definition) is 3. The normalized spacial score (nSPS) is 15.1. The van der Waals surface area contributed by atoms with E-state index in [1.807, 2.05) is 13.1 Å². The Morgan fingerprint density at radius 1 is 1.38 bits per heavy atom. The molecule has 2 aromatic heterocycles. The molecular weight excluding hydrogens is 347 g/mol. The molecule has 26 heavy (non-hydrogen) atoms. The van der Waals surface area contributed by atoms with Gasteiger partial charge < -0.3 is 5.32 Å². The number of alkyl halides is 3. The minimum atomic E-state index is -4.49. The quantitative estimate of drug-likeness (QED) is 0.851. The van der Waals surface area contributed by atoms with Crippen LogP contribution in [0.25, 0.3) is 0 Å². The van der Waals surface area contributed by atoms with Crippen molar-refractivity contribution in [2.24, 2.45) is 0 Å². The van der Waals surface area contributed by atoms with Gasteiger partial charge in [-0.3, -0.25) is 14.2 Å². The fourth-order valence-corrected chi connectivity index (χ4v) is 3.42. The molecule has 0 spiro atoms. The first kappa shape index (κ1) is 18.5. The van der Waals surface area contributed by atoms with Crippen molar-refractivity contribution in [3.63, 3.8) is 0 Å². The lowest BCUT2D eigenvalue weighted by molar-refractivity contribution is -0.142. The Labute approximate surface area is 149 Å². The highest BCUT2D eigenvalue weighted by Gasteiger charge is 2.41. The van der Waals surface area contributed by atoms with Crippen molar-refractivity contribution in [3.05, 3.63) is 34.9 Å². The van der Waals surface area contributed by atoms with Crippen molar-refractivity contribution in [2.45, 2.75) is 58.3 Å². The number of halogens is 3. The summed E-state index contributed by atoms with van der Waals surface area (Å²) in [6, 6.07) is -0.739. The van der Waals surface area contributed by atoms with Gasteiger partial charge in [-0.15, -0.1) is 0 Å². The van der Waals surface area contributed by atoms with Gasteiger partial charge in [-0.2, -0.15) is 23.4 Å². The smallest absolute Gasteiger partial charge is 0.352 e. The van der Waals surface area contributed by atoms with Gasteiger partial charge in [0.1, 0.15) is 6.04 Å². The molecule has 0 saturated heterocycles. The second-order valence-corrected chi connectivity index (χ2v) is 6.57. The maximum absolute atomic E-state index is 13.2. The number of rotatable bonds is 6.